The predicted molar refractivity (Wildman–Crippen MR) is 185 cm³/mol. The Morgan fingerprint density at radius 1 is 0.870 bits per heavy atom. The first-order valence-corrected chi connectivity index (χ1v) is 18.4. The molecule has 2 aliphatic rings. The van der Waals surface area contributed by atoms with Gasteiger partial charge in [-0.25, -0.2) is 13.2 Å². The summed E-state index contributed by atoms with van der Waals surface area (Å²) < 4.78 is 35.4. The summed E-state index contributed by atoms with van der Waals surface area (Å²) in [5.41, 5.74) is 6.86. The molecule has 0 spiro atoms. The minimum Gasteiger partial charge on any atom is -0.303 e. The molecule has 0 radical (unpaired) electrons. The first-order chi connectivity index (χ1) is 22.3. The fourth-order valence-electron chi connectivity index (χ4n) is 7.12. The van der Waals surface area contributed by atoms with E-state index in [4.69, 9.17) is 5.10 Å². The second-order valence-corrected chi connectivity index (χ2v) is 15.3. The lowest BCUT2D eigenvalue weighted by molar-refractivity contribution is 0.181. The molecule has 0 amide bonds. The molecule has 9 nitrogen and oxygen atoms in total. The standard InChI is InChI=1S/C35H39BrN6O3S/c1-38-32-10-5-6-11-33(32)42(35(38)43)29-16-21-39(22-17-29)19-7-20-41-31-18-23-40(46(44,45)25-26-8-3-2-4-9-26)24-30(31)34(37-41)27-12-14-28(36)15-13-27/h2-6,8-15,29H,7,16-25H2,1H3. The molecule has 3 aromatic carbocycles. The third kappa shape index (κ3) is 6.13. The Kier molecular flexibility index (Phi) is 8.75. The van der Waals surface area contributed by atoms with Crippen LogP contribution in [0.15, 0.2) is 88.1 Å². The van der Waals surface area contributed by atoms with Gasteiger partial charge in [-0.05, 0) is 55.6 Å². The van der Waals surface area contributed by atoms with E-state index in [9.17, 15) is 13.2 Å². The SMILES string of the molecule is Cn1c(=O)n(C2CCN(CCCn3nc(-c4ccc(Br)cc4)c4c3CCN(S(=O)(=O)Cc3ccccc3)C4)CC2)c2ccccc21. The second-order valence-electron chi connectivity index (χ2n) is 12.5. The molecule has 5 aromatic rings. The van der Waals surface area contributed by atoms with Crippen LogP contribution in [0.1, 0.15) is 42.1 Å². The quantitative estimate of drug-likeness (QED) is 0.200. The van der Waals surface area contributed by atoms with Crippen molar-refractivity contribution in [2.75, 3.05) is 26.2 Å². The van der Waals surface area contributed by atoms with Crippen LogP contribution < -0.4 is 5.69 Å². The normalized spacial score (nSPS) is 16.7. The van der Waals surface area contributed by atoms with Crippen LogP contribution in [0.25, 0.3) is 22.3 Å². The van der Waals surface area contributed by atoms with Crippen LogP contribution in [-0.4, -0.2) is 62.7 Å². The zero-order chi connectivity index (χ0) is 31.8. The van der Waals surface area contributed by atoms with Crippen molar-refractivity contribution < 1.29 is 8.42 Å². The lowest BCUT2D eigenvalue weighted by Gasteiger charge is -2.32. The van der Waals surface area contributed by atoms with Crippen LogP contribution in [0.2, 0.25) is 0 Å². The average molecular weight is 704 g/mol. The summed E-state index contributed by atoms with van der Waals surface area (Å²) in [6.07, 6.45) is 3.49. The van der Waals surface area contributed by atoms with Gasteiger partial charge in [-0.15, -0.1) is 0 Å². The highest BCUT2D eigenvalue weighted by molar-refractivity contribution is 9.10. The fraction of sp³-hybridized carbons (Fsp3) is 0.371. The highest BCUT2D eigenvalue weighted by Crippen LogP contribution is 2.33. The van der Waals surface area contributed by atoms with Gasteiger partial charge in [0.25, 0.3) is 0 Å². The highest BCUT2D eigenvalue weighted by atomic mass is 79.9. The summed E-state index contributed by atoms with van der Waals surface area (Å²) in [6, 6.07) is 25.7. The maximum atomic E-state index is 13.5. The summed E-state index contributed by atoms with van der Waals surface area (Å²) >= 11 is 3.53. The number of halogens is 1. The van der Waals surface area contributed by atoms with Crippen molar-refractivity contribution in [3.05, 3.63) is 111 Å². The molecule has 0 bridgehead atoms. The minimum atomic E-state index is -3.49. The fourth-order valence-corrected chi connectivity index (χ4v) is 8.88. The molecule has 0 atom stereocenters. The number of aryl methyl sites for hydroxylation is 2. The molecule has 2 aliphatic heterocycles. The number of rotatable bonds is 9. The first kappa shape index (κ1) is 31.1. The number of aromatic nitrogens is 4. The van der Waals surface area contributed by atoms with E-state index in [2.05, 4.69) is 25.5 Å². The third-order valence-corrected chi connectivity index (χ3v) is 11.9. The molecule has 46 heavy (non-hydrogen) atoms. The number of hydrogen-bond acceptors (Lipinski definition) is 5. The zero-order valence-corrected chi connectivity index (χ0v) is 28.5. The van der Waals surface area contributed by atoms with Gasteiger partial charge in [-0.1, -0.05) is 70.5 Å². The number of fused-ring (bicyclic) bond motifs is 2. The molecule has 1 fully saturated rings. The van der Waals surface area contributed by atoms with Crippen LogP contribution in [0.4, 0.5) is 0 Å². The van der Waals surface area contributed by atoms with E-state index >= 15 is 0 Å². The Bertz CT molecular complexity index is 2010. The van der Waals surface area contributed by atoms with Gasteiger partial charge in [0.05, 0.1) is 22.5 Å². The maximum absolute atomic E-state index is 13.5. The predicted octanol–water partition coefficient (Wildman–Crippen LogP) is 5.58. The van der Waals surface area contributed by atoms with E-state index in [1.807, 2.05) is 90.5 Å². The summed E-state index contributed by atoms with van der Waals surface area (Å²) in [7, 11) is -1.63. The summed E-state index contributed by atoms with van der Waals surface area (Å²) in [6.45, 7) is 4.42. The molecule has 0 saturated carbocycles. The molecule has 2 aromatic heterocycles. The number of nitrogens with zero attached hydrogens (tertiary/aromatic N) is 6. The number of hydrogen-bond donors (Lipinski definition) is 0. The van der Waals surface area contributed by atoms with Crippen LogP contribution in [0, 0.1) is 0 Å². The highest BCUT2D eigenvalue weighted by Gasteiger charge is 2.32. The van der Waals surface area contributed by atoms with Gasteiger partial charge in [0.2, 0.25) is 10.0 Å². The summed E-state index contributed by atoms with van der Waals surface area (Å²) in [5, 5.41) is 5.09. The molecule has 0 unspecified atom stereocenters. The monoisotopic (exact) mass is 702 g/mol. The van der Waals surface area contributed by atoms with E-state index in [1.165, 1.54) is 0 Å². The van der Waals surface area contributed by atoms with Crippen LogP contribution in [0.5, 0.6) is 0 Å². The van der Waals surface area contributed by atoms with Gasteiger partial charge < -0.3 is 4.90 Å². The molecule has 240 valence electrons. The zero-order valence-electron chi connectivity index (χ0n) is 26.1. The lowest BCUT2D eigenvalue weighted by Crippen LogP contribution is -2.38. The molecule has 11 heteroatoms. The van der Waals surface area contributed by atoms with E-state index in [-0.39, 0.29) is 17.5 Å². The molecule has 0 aliphatic carbocycles. The maximum Gasteiger partial charge on any atom is 0.329 e. The summed E-state index contributed by atoms with van der Waals surface area (Å²) in [5.74, 6) is -0.00322. The van der Waals surface area contributed by atoms with Gasteiger partial charge in [0, 0.05) is 73.5 Å². The van der Waals surface area contributed by atoms with E-state index in [0.29, 0.717) is 19.5 Å². The van der Waals surface area contributed by atoms with Crippen molar-refractivity contribution in [2.45, 2.75) is 50.6 Å². The van der Waals surface area contributed by atoms with Crippen molar-refractivity contribution in [1.29, 1.82) is 0 Å². The van der Waals surface area contributed by atoms with E-state index < -0.39 is 10.0 Å². The van der Waals surface area contributed by atoms with Gasteiger partial charge in [0.15, 0.2) is 0 Å². The third-order valence-electron chi connectivity index (χ3n) is 9.56. The van der Waals surface area contributed by atoms with Crippen molar-refractivity contribution in [3.8, 4) is 11.3 Å². The van der Waals surface area contributed by atoms with Gasteiger partial charge >= 0.3 is 5.69 Å². The van der Waals surface area contributed by atoms with Crippen LogP contribution in [0.3, 0.4) is 0 Å². The Morgan fingerprint density at radius 3 is 2.30 bits per heavy atom. The Balaban J connectivity index is 1.04. The van der Waals surface area contributed by atoms with Crippen LogP contribution in [-0.2, 0) is 42.3 Å². The molecule has 7 rings (SSSR count). The second kappa shape index (κ2) is 12.9. The minimum absolute atomic E-state index is 0.00322. The lowest BCUT2D eigenvalue weighted by atomic mass is 10.0. The molecular formula is C35H39BrN6O3S. The van der Waals surface area contributed by atoms with E-state index in [1.54, 1.807) is 8.87 Å². The Labute approximate surface area is 278 Å². The Morgan fingerprint density at radius 2 is 1.57 bits per heavy atom. The molecule has 0 N–H and O–H groups in total. The topological polar surface area (TPSA) is 85.4 Å². The largest absolute Gasteiger partial charge is 0.329 e. The van der Waals surface area contributed by atoms with Crippen molar-refractivity contribution >= 4 is 37.0 Å². The number of sulfonamides is 1. The molecular weight excluding hydrogens is 664 g/mol. The number of benzene rings is 3. The van der Waals surface area contributed by atoms with Gasteiger partial charge in [-0.3, -0.25) is 13.8 Å². The van der Waals surface area contributed by atoms with Crippen molar-refractivity contribution in [3.63, 3.8) is 0 Å². The number of para-hydroxylation sites is 2. The van der Waals surface area contributed by atoms with Crippen molar-refractivity contribution in [1.82, 2.24) is 28.1 Å². The Hall–Kier alpha value is -3.51. The number of likely N-dealkylation sites (tertiary alicyclic amines) is 1. The van der Waals surface area contributed by atoms with E-state index in [0.717, 1.165) is 89.0 Å². The van der Waals surface area contributed by atoms with Gasteiger partial charge in [0.1, 0.15) is 0 Å². The number of imidazole rings is 1. The molecule has 1 saturated heterocycles. The summed E-state index contributed by atoms with van der Waals surface area (Å²) in [4.78, 5) is 15.6. The first-order valence-electron chi connectivity index (χ1n) is 16.0. The van der Waals surface area contributed by atoms with Crippen molar-refractivity contribution in [2.24, 2.45) is 7.05 Å². The van der Waals surface area contributed by atoms with Gasteiger partial charge in [-0.2, -0.15) is 9.40 Å². The smallest absolute Gasteiger partial charge is 0.303 e. The molecule has 4 heterocycles. The van der Waals surface area contributed by atoms with Crippen LogP contribution >= 0.6 is 15.9 Å². The number of piperidine rings is 1. The average Bonchev–Trinajstić information content (AvgIpc) is 3.56.